The van der Waals surface area contributed by atoms with E-state index in [1.807, 2.05) is 43.5 Å². The Bertz CT molecular complexity index is 636. The summed E-state index contributed by atoms with van der Waals surface area (Å²) < 4.78 is 1.83. The number of aromatic carboxylic acids is 1. The Morgan fingerprint density at radius 3 is 2.30 bits per heavy atom. The van der Waals surface area contributed by atoms with Gasteiger partial charge in [-0.2, -0.15) is 0 Å². The van der Waals surface area contributed by atoms with Crippen LogP contribution in [0, 0.1) is 20.8 Å². The molecule has 0 bridgehead atoms. The van der Waals surface area contributed by atoms with E-state index in [-0.39, 0.29) is 12.2 Å². The fraction of sp³-hybridized carbons (Fsp3) is 0.312. The van der Waals surface area contributed by atoms with Gasteiger partial charge in [0, 0.05) is 18.3 Å². The number of nitrogens with zero attached hydrogens (tertiary/aromatic N) is 1. The zero-order valence-electron chi connectivity index (χ0n) is 12.0. The van der Waals surface area contributed by atoms with Gasteiger partial charge in [-0.15, -0.1) is 0 Å². The molecule has 0 fully saturated rings. The molecule has 0 aliphatic carbocycles. The number of carbonyl (C=O) groups is 1. The van der Waals surface area contributed by atoms with Crippen LogP contribution in [0.2, 0.25) is 0 Å². The van der Waals surface area contributed by atoms with E-state index in [9.17, 15) is 15.0 Å². The molecule has 0 amide bonds. The van der Waals surface area contributed by atoms with E-state index in [1.54, 1.807) is 6.20 Å². The van der Waals surface area contributed by atoms with Crippen molar-refractivity contribution in [2.75, 3.05) is 6.61 Å². The fourth-order valence-corrected chi connectivity index (χ4v) is 2.68. The minimum absolute atomic E-state index is 0.0227. The molecule has 0 saturated heterocycles. The highest BCUT2D eigenvalue weighted by Gasteiger charge is 2.20. The molecule has 0 unspecified atom stereocenters. The van der Waals surface area contributed by atoms with Crippen molar-refractivity contribution >= 4 is 5.97 Å². The molecule has 0 saturated carbocycles. The molecule has 0 atom stereocenters. The number of hydrogen-bond donors (Lipinski definition) is 2. The highest BCUT2D eigenvalue weighted by Crippen LogP contribution is 2.32. The number of rotatable bonds is 4. The van der Waals surface area contributed by atoms with Crippen LogP contribution in [0.15, 0.2) is 24.4 Å². The minimum atomic E-state index is -0.938. The fourth-order valence-electron chi connectivity index (χ4n) is 2.68. The summed E-state index contributed by atoms with van der Waals surface area (Å²) in [7, 11) is 0. The molecule has 1 aromatic carbocycles. The lowest BCUT2D eigenvalue weighted by Gasteiger charge is -2.14. The molecular weight excluding hydrogens is 254 g/mol. The second-order valence-corrected chi connectivity index (χ2v) is 5.01. The predicted molar refractivity (Wildman–Crippen MR) is 78.1 cm³/mol. The van der Waals surface area contributed by atoms with Crippen molar-refractivity contribution in [3.63, 3.8) is 0 Å². The highest BCUT2D eigenvalue weighted by molar-refractivity contribution is 5.92. The monoisotopic (exact) mass is 273 g/mol. The average Bonchev–Trinajstić information content (AvgIpc) is 2.68. The molecule has 1 heterocycles. The summed E-state index contributed by atoms with van der Waals surface area (Å²) in [5.74, 6) is -0.938. The number of aryl methyl sites for hydroxylation is 2. The molecule has 2 rings (SSSR count). The Labute approximate surface area is 118 Å². The van der Waals surface area contributed by atoms with Crippen LogP contribution in [0.5, 0.6) is 0 Å². The van der Waals surface area contributed by atoms with Gasteiger partial charge in [-0.3, -0.25) is 0 Å². The van der Waals surface area contributed by atoms with E-state index in [2.05, 4.69) is 0 Å². The number of aromatic nitrogens is 1. The van der Waals surface area contributed by atoms with Crippen LogP contribution in [-0.4, -0.2) is 27.4 Å². The molecule has 20 heavy (non-hydrogen) atoms. The second kappa shape index (κ2) is 5.51. The Morgan fingerprint density at radius 1 is 1.20 bits per heavy atom. The summed E-state index contributed by atoms with van der Waals surface area (Å²) in [6.45, 7) is 6.21. The van der Waals surface area contributed by atoms with E-state index >= 15 is 0 Å². The van der Waals surface area contributed by atoms with Crippen molar-refractivity contribution in [1.29, 1.82) is 0 Å². The summed E-state index contributed by atoms with van der Waals surface area (Å²) in [5.41, 5.74) is 5.15. The van der Waals surface area contributed by atoms with Gasteiger partial charge in [0.25, 0.3) is 0 Å². The largest absolute Gasteiger partial charge is 0.478 e. The molecule has 0 aliphatic heterocycles. The van der Waals surface area contributed by atoms with E-state index in [1.165, 1.54) is 0 Å². The maximum absolute atomic E-state index is 11.3. The first-order chi connectivity index (χ1) is 9.47. The van der Waals surface area contributed by atoms with Gasteiger partial charge >= 0.3 is 5.97 Å². The predicted octanol–water partition coefficient (Wildman–Crippen LogP) is 2.77. The molecule has 2 N–H and O–H groups in total. The van der Waals surface area contributed by atoms with Crippen LogP contribution in [0.1, 0.15) is 27.0 Å². The number of aliphatic hydroxyl groups is 1. The third kappa shape index (κ3) is 2.34. The topological polar surface area (TPSA) is 62.5 Å². The molecule has 2 aromatic rings. The number of benzene rings is 1. The first-order valence-electron chi connectivity index (χ1n) is 6.57. The smallest absolute Gasteiger partial charge is 0.337 e. The van der Waals surface area contributed by atoms with Crippen LogP contribution >= 0.6 is 0 Å². The van der Waals surface area contributed by atoms with Crippen LogP contribution in [0.3, 0.4) is 0 Å². The maximum atomic E-state index is 11.3. The highest BCUT2D eigenvalue weighted by atomic mass is 16.4. The standard InChI is InChI=1S/C16H19NO3/c1-10-5-4-6-11(2)14(10)15-12(3)13(16(19)20)9-17(15)7-8-18/h4-6,9,18H,7-8H2,1-3H3,(H,19,20). The van der Waals surface area contributed by atoms with E-state index < -0.39 is 5.97 Å². The van der Waals surface area contributed by atoms with Crippen molar-refractivity contribution in [2.24, 2.45) is 0 Å². The van der Waals surface area contributed by atoms with Gasteiger partial charge in [-0.25, -0.2) is 4.79 Å². The third-order valence-electron chi connectivity index (χ3n) is 3.62. The molecule has 1 aromatic heterocycles. The van der Waals surface area contributed by atoms with Gasteiger partial charge in [-0.1, -0.05) is 18.2 Å². The first-order valence-corrected chi connectivity index (χ1v) is 6.57. The lowest BCUT2D eigenvalue weighted by Crippen LogP contribution is -2.04. The average molecular weight is 273 g/mol. The lowest BCUT2D eigenvalue weighted by molar-refractivity contribution is 0.0696. The Kier molecular flexibility index (Phi) is 3.95. The van der Waals surface area contributed by atoms with Gasteiger partial charge in [-0.05, 0) is 37.5 Å². The number of aliphatic hydroxyl groups excluding tert-OH is 1. The Hall–Kier alpha value is -2.07. The Morgan fingerprint density at radius 2 is 1.80 bits per heavy atom. The SMILES string of the molecule is Cc1cccc(C)c1-c1c(C)c(C(=O)O)cn1CCO. The van der Waals surface area contributed by atoms with E-state index in [0.717, 1.165) is 27.9 Å². The van der Waals surface area contributed by atoms with Gasteiger partial charge < -0.3 is 14.8 Å². The summed E-state index contributed by atoms with van der Waals surface area (Å²) in [4.78, 5) is 11.3. The Balaban J connectivity index is 2.75. The minimum Gasteiger partial charge on any atom is -0.478 e. The lowest BCUT2D eigenvalue weighted by atomic mass is 9.97. The van der Waals surface area contributed by atoms with Crippen molar-refractivity contribution < 1.29 is 15.0 Å². The molecule has 0 radical (unpaired) electrons. The zero-order chi connectivity index (χ0) is 14.9. The van der Waals surface area contributed by atoms with Gasteiger partial charge in [0.05, 0.1) is 17.9 Å². The second-order valence-electron chi connectivity index (χ2n) is 5.01. The maximum Gasteiger partial charge on any atom is 0.337 e. The first kappa shape index (κ1) is 14.3. The number of hydrogen-bond acceptors (Lipinski definition) is 2. The summed E-state index contributed by atoms with van der Waals surface area (Å²) in [5, 5.41) is 18.5. The van der Waals surface area contributed by atoms with E-state index in [4.69, 9.17) is 0 Å². The summed E-state index contributed by atoms with van der Waals surface area (Å²) in [6.07, 6.45) is 1.61. The number of carboxylic acids is 1. The molecule has 106 valence electrons. The van der Waals surface area contributed by atoms with Crippen molar-refractivity contribution in [1.82, 2.24) is 4.57 Å². The quantitative estimate of drug-likeness (QED) is 0.900. The van der Waals surface area contributed by atoms with Crippen LogP contribution < -0.4 is 0 Å². The van der Waals surface area contributed by atoms with Gasteiger partial charge in [0.15, 0.2) is 0 Å². The molecule has 0 aliphatic rings. The van der Waals surface area contributed by atoms with Crippen LogP contribution in [0.25, 0.3) is 11.3 Å². The number of carboxylic acid groups (broad SMARTS) is 1. The third-order valence-corrected chi connectivity index (χ3v) is 3.62. The van der Waals surface area contributed by atoms with Crippen molar-refractivity contribution in [3.05, 3.63) is 46.6 Å². The van der Waals surface area contributed by atoms with Gasteiger partial charge in [0.2, 0.25) is 0 Å². The molecule has 4 nitrogen and oxygen atoms in total. The molecular formula is C16H19NO3. The zero-order valence-corrected chi connectivity index (χ0v) is 12.0. The summed E-state index contributed by atoms with van der Waals surface area (Å²) in [6, 6.07) is 6.01. The van der Waals surface area contributed by atoms with Crippen molar-refractivity contribution in [2.45, 2.75) is 27.3 Å². The summed E-state index contributed by atoms with van der Waals surface area (Å²) >= 11 is 0. The molecule has 0 spiro atoms. The van der Waals surface area contributed by atoms with E-state index in [0.29, 0.717) is 6.54 Å². The molecule has 4 heteroatoms. The van der Waals surface area contributed by atoms with Gasteiger partial charge in [0.1, 0.15) is 0 Å². The van der Waals surface area contributed by atoms with Crippen LogP contribution in [0.4, 0.5) is 0 Å². The van der Waals surface area contributed by atoms with Crippen molar-refractivity contribution in [3.8, 4) is 11.3 Å². The normalized spacial score (nSPS) is 10.8. The van der Waals surface area contributed by atoms with Crippen LogP contribution in [-0.2, 0) is 6.54 Å².